The second kappa shape index (κ2) is 15.7. The van der Waals surface area contributed by atoms with E-state index in [-0.39, 0.29) is 12.8 Å². The van der Waals surface area contributed by atoms with Gasteiger partial charge in [-0.3, -0.25) is 19.2 Å². The zero-order chi connectivity index (χ0) is 24.8. The Morgan fingerprint density at radius 1 is 0.844 bits per heavy atom. The van der Waals surface area contributed by atoms with Crippen LogP contribution in [0.3, 0.4) is 0 Å². The Morgan fingerprint density at radius 2 is 1.25 bits per heavy atom. The minimum Gasteiger partial charge on any atom is -0.480 e. The topological polar surface area (TPSA) is 214 Å². The molecule has 0 aliphatic carbocycles. The number of carbonyl (C=O) groups is 5. The third-order valence-corrected chi connectivity index (χ3v) is 5.62. The molecule has 0 spiro atoms. The molecule has 0 radical (unpaired) electrons. The first-order valence-corrected chi connectivity index (χ1v) is 12.6. The Kier molecular flexibility index (Phi) is 14.7. The van der Waals surface area contributed by atoms with Gasteiger partial charge < -0.3 is 37.6 Å². The summed E-state index contributed by atoms with van der Waals surface area (Å²) in [5.74, 6) is -3.53. The third kappa shape index (κ3) is 11.5. The number of hydrogen-bond donors (Lipinski definition) is 7. The van der Waals surface area contributed by atoms with Gasteiger partial charge in [0.2, 0.25) is 23.6 Å². The number of aliphatic carboxylic acids is 1. The Hall–Kier alpha value is -2.03. The van der Waals surface area contributed by atoms with Crippen molar-refractivity contribution in [2.24, 2.45) is 11.5 Å². The summed E-state index contributed by atoms with van der Waals surface area (Å²) < 4.78 is 0. The third-order valence-electron chi connectivity index (χ3n) is 4.33. The first-order chi connectivity index (χ1) is 14.9. The smallest absolute Gasteiger partial charge is 0.326 e. The molecule has 0 aromatic rings. The van der Waals surface area contributed by atoms with E-state index < -0.39 is 66.3 Å². The van der Waals surface area contributed by atoms with Gasteiger partial charge in [-0.15, -0.1) is 0 Å². The summed E-state index contributed by atoms with van der Waals surface area (Å²) in [4.78, 5) is 60.1. The van der Waals surface area contributed by atoms with Crippen LogP contribution in [0.2, 0.25) is 0 Å². The van der Waals surface area contributed by atoms with Crippen molar-refractivity contribution in [3.05, 3.63) is 0 Å². The fourth-order valence-corrected chi connectivity index (χ4v) is 3.38. The number of thioether (sulfide) groups is 2. The van der Waals surface area contributed by atoms with E-state index >= 15 is 0 Å². The van der Waals surface area contributed by atoms with Gasteiger partial charge in [0.1, 0.15) is 24.2 Å². The lowest BCUT2D eigenvalue weighted by atomic mass is 10.1. The standard InChI is InChI=1S/C18H33N5O7S2/c1-9(24)14(20)17(28)22-11(5-7-32-3)15(26)21-10(4-6-31-2)16(27)23-12(18(29)30)8-13(19)25/h9-12,14,24H,4-8,20H2,1-3H3,(H2,19,25)(H,21,26)(H,22,28)(H,23,27)(H,29,30). The molecule has 0 saturated heterocycles. The lowest BCUT2D eigenvalue weighted by molar-refractivity contribution is -0.143. The van der Waals surface area contributed by atoms with Gasteiger partial charge >= 0.3 is 5.97 Å². The van der Waals surface area contributed by atoms with Crippen LogP contribution in [0.1, 0.15) is 26.2 Å². The lowest BCUT2D eigenvalue weighted by Gasteiger charge is -2.25. The van der Waals surface area contributed by atoms with Crippen LogP contribution >= 0.6 is 23.5 Å². The molecule has 5 unspecified atom stereocenters. The summed E-state index contributed by atoms with van der Waals surface area (Å²) in [5, 5.41) is 25.9. The normalized spacial score (nSPS) is 15.5. The molecule has 5 atom stereocenters. The average Bonchev–Trinajstić information content (AvgIpc) is 2.71. The van der Waals surface area contributed by atoms with Crippen LogP contribution in [0.4, 0.5) is 0 Å². The number of amides is 4. The van der Waals surface area contributed by atoms with Gasteiger partial charge in [-0.25, -0.2) is 4.79 Å². The van der Waals surface area contributed by atoms with E-state index in [2.05, 4.69) is 16.0 Å². The largest absolute Gasteiger partial charge is 0.480 e. The Bertz CT molecular complexity index is 666. The molecule has 0 heterocycles. The molecular formula is C18H33N5O7S2. The van der Waals surface area contributed by atoms with Gasteiger partial charge in [0.05, 0.1) is 12.5 Å². The minimum atomic E-state index is -1.54. The van der Waals surface area contributed by atoms with Crippen molar-refractivity contribution < 1.29 is 34.2 Å². The predicted molar refractivity (Wildman–Crippen MR) is 123 cm³/mol. The fourth-order valence-electron chi connectivity index (χ4n) is 2.44. The molecule has 0 aromatic carbocycles. The van der Waals surface area contributed by atoms with Gasteiger partial charge in [0.15, 0.2) is 0 Å². The number of primary amides is 1. The molecule has 9 N–H and O–H groups in total. The maximum Gasteiger partial charge on any atom is 0.326 e. The number of carboxylic acids is 1. The van der Waals surface area contributed by atoms with Gasteiger partial charge in [-0.05, 0) is 43.8 Å². The quantitative estimate of drug-likeness (QED) is 0.121. The van der Waals surface area contributed by atoms with Crippen LogP contribution in [0.25, 0.3) is 0 Å². The van der Waals surface area contributed by atoms with E-state index in [0.29, 0.717) is 11.5 Å². The van der Waals surface area contributed by atoms with E-state index in [9.17, 15) is 34.2 Å². The number of nitrogens with one attached hydrogen (secondary N) is 3. The van der Waals surface area contributed by atoms with Crippen molar-refractivity contribution in [2.75, 3.05) is 24.0 Å². The van der Waals surface area contributed by atoms with Crippen LogP contribution in [0.5, 0.6) is 0 Å². The molecule has 184 valence electrons. The van der Waals surface area contributed by atoms with Crippen LogP contribution in [0, 0.1) is 0 Å². The van der Waals surface area contributed by atoms with E-state index in [1.165, 1.54) is 30.4 Å². The number of rotatable bonds is 16. The monoisotopic (exact) mass is 495 g/mol. The molecule has 0 fully saturated rings. The van der Waals surface area contributed by atoms with Gasteiger partial charge in [-0.2, -0.15) is 23.5 Å². The van der Waals surface area contributed by atoms with Crippen molar-refractivity contribution in [1.82, 2.24) is 16.0 Å². The molecule has 0 saturated carbocycles. The number of nitrogens with two attached hydrogens (primary N) is 2. The molecule has 0 rings (SSSR count). The lowest BCUT2D eigenvalue weighted by Crippen LogP contribution is -2.58. The number of aliphatic hydroxyl groups is 1. The highest BCUT2D eigenvalue weighted by atomic mass is 32.2. The highest BCUT2D eigenvalue weighted by molar-refractivity contribution is 7.98. The SMILES string of the molecule is CSCCC(NC(=O)C(CCSC)NC(=O)C(N)C(C)O)C(=O)NC(CC(N)=O)C(=O)O. The fraction of sp³-hybridized carbons (Fsp3) is 0.722. The number of carbonyl (C=O) groups excluding carboxylic acids is 4. The Balaban J connectivity index is 5.44. The zero-order valence-corrected chi connectivity index (χ0v) is 20.0. The summed E-state index contributed by atoms with van der Waals surface area (Å²) in [6.07, 6.45) is 2.30. The highest BCUT2D eigenvalue weighted by Gasteiger charge is 2.31. The Labute approximate surface area is 195 Å². The van der Waals surface area contributed by atoms with Crippen molar-refractivity contribution in [2.45, 2.75) is 56.5 Å². The van der Waals surface area contributed by atoms with E-state index in [4.69, 9.17) is 11.5 Å². The molecule has 14 heteroatoms. The molecule has 12 nitrogen and oxygen atoms in total. The van der Waals surface area contributed by atoms with Gasteiger partial charge in [-0.1, -0.05) is 0 Å². The predicted octanol–water partition coefficient (Wildman–Crippen LogP) is -2.38. The molecular weight excluding hydrogens is 462 g/mol. The summed E-state index contributed by atoms with van der Waals surface area (Å²) >= 11 is 2.85. The summed E-state index contributed by atoms with van der Waals surface area (Å²) in [6.45, 7) is 1.34. The second-order valence-electron chi connectivity index (χ2n) is 7.02. The van der Waals surface area contributed by atoms with Crippen molar-refractivity contribution in [1.29, 1.82) is 0 Å². The summed E-state index contributed by atoms with van der Waals surface area (Å²) in [6, 6.07) is -4.90. The second-order valence-corrected chi connectivity index (χ2v) is 8.99. The number of carboxylic acid groups (broad SMARTS) is 1. The van der Waals surface area contributed by atoms with Crippen LogP contribution < -0.4 is 27.4 Å². The summed E-state index contributed by atoms with van der Waals surface area (Å²) in [7, 11) is 0. The van der Waals surface area contributed by atoms with E-state index in [0.717, 1.165) is 0 Å². The first kappa shape index (κ1) is 30.0. The maximum absolute atomic E-state index is 12.8. The minimum absolute atomic E-state index is 0.179. The Morgan fingerprint density at radius 3 is 1.59 bits per heavy atom. The van der Waals surface area contributed by atoms with Crippen LogP contribution in [-0.2, 0) is 24.0 Å². The molecule has 0 aliphatic heterocycles. The van der Waals surface area contributed by atoms with E-state index in [1.807, 2.05) is 6.26 Å². The van der Waals surface area contributed by atoms with E-state index in [1.54, 1.807) is 6.26 Å². The van der Waals surface area contributed by atoms with Gasteiger partial charge in [0.25, 0.3) is 0 Å². The average molecular weight is 496 g/mol. The molecule has 0 aliphatic rings. The first-order valence-electron chi connectivity index (χ1n) is 9.78. The molecule has 4 amide bonds. The van der Waals surface area contributed by atoms with Crippen molar-refractivity contribution in [3.8, 4) is 0 Å². The zero-order valence-electron chi connectivity index (χ0n) is 18.3. The van der Waals surface area contributed by atoms with Crippen molar-refractivity contribution in [3.63, 3.8) is 0 Å². The maximum atomic E-state index is 12.8. The van der Waals surface area contributed by atoms with Gasteiger partial charge in [0, 0.05) is 0 Å². The molecule has 0 bridgehead atoms. The molecule has 32 heavy (non-hydrogen) atoms. The van der Waals surface area contributed by atoms with Crippen LogP contribution in [0.15, 0.2) is 0 Å². The highest BCUT2D eigenvalue weighted by Crippen LogP contribution is 2.06. The summed E-state index contributed by atoms with van der Waals surface area (Å²) in [5.41, 5.74) is 10.6. The number of aliphatic hydroxyl groups excluding tert-OH is 1. The van der Waals surface area contributed by atoms with Crippen molar-refractivity contribution >= 4 is 53.1 Å². The molecule has 0 aromatic heterocycles. The van der Waals surface area contributed by atoms with Crippen LogP contribution in [-0.4, -0.2) is 94.1 Å². The number of hydrogen-bond acceptors (Lipinski definition) is 9.